The van der Waals surface area contributed by atoms with E-state index in [4.69, 9.17) is 0 Å². The number of hydrogen-bond acceptors (Lipinski definition) is 2. The van der Waals surface area contributed by atoms with Gasteiger partial charge >= 0.3 is 0 Å². The average Bonchev–Trinajstić information content (AvgIpc) is 2.62. The van der Waals surface area contributed by atoms with Crippen molar-refractivity contribution in [2.24, 2.45) is 0 Å². The van der Waals surface area contributed by atoms with E-state index >= 15 is 0 Å². The molecule has 0 fully saturated rings. The molecule has 0 aliphatic carbocycles. The lowest BCUT2D eigenvalue weighted by Gasteiger charge is -2.18. The predicted octanol–water partition coefficient (Wildman–Crippen LogP) is 3.78. The van der Waals surface area contributed by atoms with Crippen molar-refractivity contribution in [2.45, 2.75) is 11.8 Å². The minimum Gasteiger partial charge on any atom is -0.207 e. The van der Waals surface area contributed by atoms with Crippen LogP contribution in [0.1, 0.15) is 11.1 Å². The van der Waals surface area contributed by atoms with Crippen molar-refractivity contribution in [2.75, 3.05) is 13.1 Å². The normalized spacial score (nSPS) is 11.3. The Morgan fingerprint density at radius 3 is 2.40 bits per heavy atom. The molecule has 0 radical (unpaired) electrons. The average molecular weight is 351 g/mol. The standard InChI is InChI=1S/C21H21NO2S/c1-3-4-8-17-22(18-9-12-20-10-6-5-7-11-20)25(23,24)21-15-13-19(2)14-16-21/h3-8,10-11,13-16H,1,17-18H2,2H3/b8-4+. The van der Waals surface area contributed by atoms with E-state index in [0.717, 1.165) is 11.1 Å². The molecule has 0 N–H and O–H groups in total. The number of nitrogens with zero attached hydrogens (tertiary/aromatic N) is 1. The topological polar surface area (TPSA) is 37.4 Å². The molecule has 0 saturated heterocycles. The number of benzene rings is 2. The highest BCUT2D eigenvalue weighted by Gasteiger charge is 2.22. The summed E-state index contributed by atoms with van der Waals surface area (Å²) in [7, 11) is -3.61. The summed E-state index contributed by atoms with van der Waals surface area (Å²) in [6, 6.07) is 16.3. The van der Waals surface area contributed by atoms with E-state index in [1.54, 1.807) is 42.5 Å². The Kier molecular flexibility index (Phi) is 6.76. The second-order valence-electron chi connectivity index (χ2n) is 5.44. The minimum atomic E-state index is -3.61. The Morgan fingerprint density at radius 2 is 1.76 bits per heavy atom. The van der Waals surface area contributed by atoms with Crippen LogP contribution in [0.3, 0.4) is 0 Å². The van der Waals surface area contributed by atoms with Gasteiger partial charge in [-0.1, -0.05) is 72.5 Å². The third-order valence-corrected chi connectivity index (χ3v) is 5.33. The molecule has 0 spiro atoms. The van der Waals surface area contributed by atoms with Crippen molar-refractivity contribution in [3.8, 4) is 11.8 Å². The fraction of sp³-hybridized carbons (Fsp3) is 0.143. The highest BCUT2D eigenvalue weighted by atomic mass is 32.2. The number of rotatable bonds is 6. The van der Waals surface area contributed by atoms with Crippen molar-refractivity contribution in [3.05, 3.63) is 90.5 Å². The molecule has 128 valence electrons. The van der Waals surface area contributed by atoms with Gasteiger partial charge in [-0.05, 0) is 31.2 Å². The molecule has 2 rings (SSSR count). The SMILES string of the molecule is C=C/C=C/CN(CC#Cc1ccccc1)S(=O)(=O)c1ccc(C)cc1. The molecule has 0 heterocycles. The van der Waals surface area contributed by atoms with Crippen molar-refractivity contribution < 1.29 is 8.42 Å². The van der Waals surface area contributed by atoms with Gasteiger partial charge in [0.2, 0.25) is 10.0 Å². The van der Waals surface area contributed by atoms with Crippen LogP contribution in [0.25, 0.3) is 0 Å². The summed E-state index contributed by atoms with van der Waals surface area (Å²) in [5.41, 5.74) is 1.87. The third-order valence-electron chi connectivity index (χ3n) is 3.50. The van der Waals surface area contributed by atoms with Crippen molar-refractivity contribution in [1.82, 2.24) is 4.31 Å². The third kappa shape index (κ3) is 5.46. The summed E-state index contributed by atoms with van der Waals surface area (Å²) >= 11 is 0. The molecule has 2 aromatic rings. The second-order valence-corrected chi connectivity index (χ2v) is 7.38. The summed E-state index contributed by atoms with van der Waals surface area (Å²) in [5, 5.41) is 0. The van der Waals surface area contributed by atoms with Gasteiger partial charge in [0.25, 0.3) is 0 Å². The molecule has 0 aliphatic heterocycles. The first-order chi connectivity index (χ1) is 12.0. The minimum absolute atomic E-state index is 0.118. The molecular formula is C21H21NO2S. The monoisotopic (exact) mass is 351 g/mol. The van der Waals surface area contributed by atoms with Crippen LogP contribution >= 0.6 is 0 Å². The summed E-state index contributed by atoms with van der Waals surface area (Å²) < 4.78 is 27.1. The lowest BCUT2D eigenvalue weighted by molar-refractivity contribution is 0.478. The number of sulfonamides is 1. The van der Waals surface area contributed by atoms with Gasteiger partial charge in [0.1, 0.15) is 0 Å². The molecule has 0 amide bonds. The zero-order valence-electron chi connectivity index (χ0n) is 14.2. The van der Waals surface area contributed by atoms with E-state index < -0.39 is 10.0 Å². The molecule has 4 heteroatoms. The van der Waals surface area contributed by atoms with Gasteiger partial charge < -0.3 is 0 Å². The molecule has 0 saturated carbocycles. The van der Waals surface area contributed by atoms with Crippen LogP contribution in [0.5, 0.6) is 0 Å². The quantitative estimate of drug-likeness (QED) is 0.587. The van der Waals surface area contributed by atoms with Crippen LogP contribution < -0.4 is 0 Å². The first-order valence-corrected chi connectivity index (χ1v) is 9.36. The van der Waals surface area contributed by atoms with Crippen LogP contribution in [0.4, 0.5) is 0 Å². The van der Waals surface area contributed by atoms with Crippen molar-refractivity contribution in [1.29, 1.82) is 0 Å². The zero-order chi connectivity index (χ0) is 18.1. The maximum atomic E-state index is 12.9. The van der Waals surface area contributed by atoms with Crippen LogP contribution in [-0.4, -0.2) is 25.8 Å². The van der Waals surface area contributed by atoms with Gasteiger partial charge in [0.05, 0.1) is 11.4 Å². The van der Waals surface area contributed by atoms with Gasteiger partial charge in [0.15, 0.2) is 0 Å². The predicted molar refractivity (Wildman–Crippen MR) is 103 cm³/mol. The van der Waals surface area contributed by atoms with Gasteiger partial charge in [-0.2, -0.15) is 4.31 Å². The summed E-state index contributed by atoms with van der Waals surface area (Å²) in [4.78, 5) is 0.270. The fourth-order valence-corrected chi connectivity index (χ4v) is 3.43. The van der Waals surface area contributed by atoms with Crippen LogP contribution in [0.2, 0.25) is 0 Å². The molecule has 25 heavy (non-hydrogen) atoms. The van der Waals surface area contributed by atoms with E-state index in [1.165, 1.54) is 4.31 Å². The molecule has 0 aromatic heterocycles. The van der Waals surface area contributed by atoms with Gasteiger partial charge in [-0.15, -0.1) is 0 Å². The van der Waals surface area contributed by atoms with Gasteiger partial charge in [-0.3, -0.25) is 0 Å². The van der Waals surface area contributed by atoms with E-state index in [2.05, 4.69) is 18.4 Å². The molecule has 3 nitrogen and oxygen atoms in total. The Hall–Kier alpha value is -2.61. The maximum Gasteiger partial charge on any atom is 0.244 e. The van der Waals surface area contributed by atoms with Crippen LogP contribution in [0.15, 0.2) is 84.3 Å². The van der Waals surface area contributed by atoms with E-state index in [-0.39, 0.29) is 18.0 Å². The summed E-state index contributed by atoms with van der Waals surface area (Å²) in [5.74, 6) is 5.95. The van der Waals surface area contributed by atoms with Crippen molar-refractivity contribution >= 4 is 10.0 Å². The number of allylic oxidation sites excluding steroid dienone is 2. The first kappa shape index (κ1) is 18.7. The molecule has 0 atom stereocenters. The largest absolute Gasteiger partial charge is 0.244 e. The molecule has 2 aromatic carbocycles. The lowest BCUT2D eigenvalue weighted by atomic mass is 10.2. The Labute approximate surface area is 150 Å². The second kappa shape index (κ2) is 9.03. The van der Waals surface area contributed by atoms with Gasteiger partial charge in [-0.25, -0.2) is 8.42 Å². The lowest BCUT2D eigenvalue weighted by Crippen LogP contribution is -2.31. The molecule has 0 unspecified atom stereocenters. The Morgan fingerprint density at radius 1 is 1.08 bits per heavy atom. The first-order valence-electron chi connectivity index (χ1n) is 7.92. The molecular weight excluding hydrogens is 330 g/mol. The smallest absolute Gasteiger partial charge is 0.207 e. The van der Waals surface area contributed by atoms with E-state index in [9.17, 15) is 8.42 Å². The highest BCUT2D eigenvalue weighted by molar-refractivity contribution is 7.89. The van der Waals surface area contributed by atoms with Crippen LogP contribution in [-0.2, 0) is 10.0 Å². The number of hydrogen-bond donors (Lipinski definition) is 0. The molecule has 0 bridgehead atoms. The van der Waals surface area contributed by atoms with Gasteiger partial charge in [0, 0.05) is 12.1 Å². The highest BCUT2D eigenvalue weighted by Crippen LogP contribution is 2.16. The van der Waals surface area contributed by atoms with E-state index in [1.807, 2.05) is 37.3 Å². The number of aryl methyl sites for hydroxylation is 1. The van der Waals surface area contributed by atoms with Crippen LogP contribution in [0, 0.1) is 18.8 Å². The summed E-state index contributed by atoms with van der Waals surface area (Å²) in [6.07, 6.45) is 5.09. The maximum absolute atomic E-state index is 12.9. The van der Waals surface area contributed by atoms with Crippen molar-refractivity contribution in [3.63, 3.8) is 0 Å². The van der Waals surface area contributed by atoms with E-state index in [0.29, 0.717) is 0 Å². The Bertz CT molecular complexity index is 886. The zero-order valence-corrected chi connectivity index (χ0v) is 15.0. The fourth-order valence-electron chi connectivity index (χ4n) is 2.13. The summed E-state index contributed by atoms with van der Waals surface area (Å²) in [6.45, 7) is 5.89. The Balaban J connectivity index is 2.25. The molecule has 0 aliphatic rings.